The molecule has 0 atom stereocenters. The van der Waals surface area contributed by atoms with Crippen molar-refractivity contribution in [1.29, 1.82) is 0 Å². The molecule has 0 saturated heterocycles. The van der Waals surface area contributed by atoms with Crippen molar-refractivity contribution in [2.45, 2.75) is 58.2 Å². The highest BCUT2D eigenvalue weighted by Gasteiger charge is 2.25. The van der Waals surface area contributed by atoms with Gasteiger partial charge in [0.2, 0.25) is 0 Å². The van der Waals surface area contributed by atoms with Crippen LogP contribution in [0.4, 0.5) is 0 Å². The van der Waals surface area contributed by atoms with Crippen LogP contribution in [-0.2, 0) is 0 Å². The van der Waals surface area contributed by atoms with Gasteiger partial charge in [-0.3, -0.25) is 4.58 Å². The molecule has 1 aromatic carbocycles. The Morgan fingerprint density at radius 2 is 1.87 bits per heavy atom. The molecule has 3 rings (SSSR count). The van der Waals surface area contributed by atoms with E-state index in [1.54, 1.807) is 0 Å². The molecular weight excluding hydrogens is 294 g/mol. The fraction of sp³-hybridized carbons (Fsp3) is 0.429. The van der Waals surface area contributed by atoms with Crippen LogP contribution in [0.25, 0.3) is 0 Å². The summed E-state index contributed by atoms with van der Waals surface area (Å²) in [6.07, 6.45) is 12.3. The van der Waals surface area contributed by atoms with E-state index in [0.29, 0.717) is 0 Å². The zero-order valence-corrected chi connectivity index (χ0v) is 16.0. The normalized spacial score (nSPS) is 19.4. The summed E-state index contributed by atoms with van der Waals surface area (Å²) in [4.78, 5) is 0. The predicted molar refractivity (Wildman–Crippen MR) is 103 cm³/mol. The maximum absolute atomic E-state index is 4.28. The van der Waals surface area contributed by atoms with E-state index in [-0.39, 0.29) is 0 Å². The Morgan fingerprint density at radius 1 is 1.17 bits per heavy atom. The molecule has 1 heterocycles. The number of aryl methyl sites for hydroxylation is 1. The molecule has 2 heteroatoms. The molecule has 23 heavy (non-hydrogen) atoms. The molecule has 2 aliphatic rings. The van der Waals surface area contributed by atoms with Gasteiger partial charge in [0, 0.05) is 0 Å². The smallest absolute Gasteiger partial charge is 0.147 e. The standard InChI is InChI=1S/C21H29NSi/c1-16-10-11-18(17-8-6-7-9-17)14-20(16)21-13-12-19(15-22(21)2)23(3,4)5/h10-15,17H,2,6-9H2,1,3-5H3. The third-order valence-corrected chi connectivity index (χ3v) is 7.28. The molecule has 0 radical (unpaired) electrons. The van der Waals surface area contributed by atoms with Crippen LogP contribution in [0.1, 0.15) is 48.3 Å². The van der Waals surface area contributed by atoms with Crippen LogP contribution >= 0.6 is 0 Å². The Hall–Kier alpha value is -1.54. The summed E-state index contributed by atoms with van der Waals surface area (Å²) in [5.41, 5.74) is 4.19. The largest absolute Gasteiger partial charge is 0.255 e. The van der Waals surface area contributed by atoms with Crippen LogP contribution < -0.4 is 0 Å². The van der Waals surface area contributed by atoms with Gasteiger partial charge in [0.15, 0.2) is 0 Å². The first kappa shape index (κ1) is 16.3. The zero-order valence-electron chi connectivity index (χ0n) is 15.0. The van der Waals surface area contributed by atoms with Crippen LogP contribution in [0.2, 0.25) is 19.6 Å². The van der Waals surface area contributed by atoms with E-state index in [0.717, 1.165) is 5.92 Å². The molecule has 0 bridgehead atoms. The van der Waals surface area contributed by atoms with Crippen molar-refractivity contribution in [3.8, 4) is 0 Å². The van der Waals surface area contributed by atoms with Gasteiger partial charge in [-0.1, -0.05) is 73.9 Å². The van der Waals surface area contributed by atoms with Gasteiger partial charge < -0.3 is 0 Å². The van der Waals surface area contributed by atoms with Gasteiger partial charge in [0.25, 0.3) is 0 Å². The van der Waals surface area contributed by atoms with Gasteiger partial charge in [-0.15, -0.1) is 6.08 Å². The monoisotopic (exact) mass is 323 g/mol. The van der Waals surface area contributed by atoms with Crippen molar-refractivity contribution in [3.05, 3.63) is 64.5 Å². The van der Waals surface area contributed by atoms with E-state index < -0.39 is 8.07 Å². The van der Waals surface area contributed by atoms with Crippen LogP contribution in [-0.4, -0.2) is 19.4 Å². The Balaban J connectivity index is 1.90. The van der Waals surface area contributed by atoms with E-state index in [4.69, 9.17) is 0 Å². The van der Waals surface area contributed by atoms with Crippen molar-refractivity contribution in [3.63, 3.8) is 0 Å². The zero-order chi connectivity index (χ0) is 16.6. The fourth-order valence-corrected chi connectivity index (χ4v) is 4.79. The van der Waals surface area contributed by atoms with Crippen LogP contribution in [0.15, 0.2) is 41.7 Å². The highest BCUT2D eigenvalue weighted by molar-refractivity contribution is 6.83. The molecule has 1 aliphatic heterocycles. The van der Waals surface area contributed by atoms with Gasteiger partial charge in [0.1, 0.15) is 12.2 Å². The van der Waals surface area contributed by atoms with Crippen molar-refractivity contribution >= 4 is 14.8 Å². The SMILES string of the molecule is C=[N+]1C=C([Si](C)(C)C)C=C[C-]1c1cc(C2CCCC2)ccc1C. The summed E-state index contributed by atoms with van der Waals surface area (Å²) in [7, 11) is -1.30. The lowest BCUT2D eigenvalue weighted by molar-refractivity contribution is -0.418. The average Bonchev–Trinajstić information content (AvgIpc) is 3.01. The van der Waals surface area contributed by atoms with Gasteiger partial charge >= 0.3 is 0 Å². The first-order valence-electron chi connectivity index (χ1n) is 8.84. The first-order chi connectivity index (χ1) is 10.9. The van der Waals surface area contributed by atoms with Gasteiger partial charge in [-0.25, -0.2) is 0 Å². The quantitative estimate of drug-likeness (QED) is 0.388. The lowest BCUT2D eigenvalue weighted by atomic mass is 9.91. The van der Waals surface area contributed by atoms with Crippen molar-refractivity contribution in [2.24, 2.45) is 0 Å². The molecule has 0 N–H and O–H groups in total. The third-order valence-electron chi connectivity index (χ3n) is 5.26. The summed E-state index contributed by atoms with van der Waals surface area (Å²) < 4.78 is 2.08. The number of hydrogen-bond acceptors (Lipinski definition) is 0. The lowest BCUT2D eigenvalue weighted by Gasteiger charge is -2.26. The molecule has 1 aromatic rings. The summed E-state index contributed by atoms with van der Waals surface area (Å²) in [5.74, 6) is 0.758. The van der Waals surface area contributed by atoms with Crippen molar-refractivity contribution < 1.29 is 4.58 Å². The molecule has 0 amide bonds. The third kappa shape index (κ3) is 3.37. The Labute approximate surface area is 142 Å². The highest BCUT2D eigenvalue weighted by Crippen LogP contribution is 2.36. The Kier molecular flexibility index (Phi) is 4.37. The minimum Gasteiger partial charge on any atom is -0.255 e. The van der Waals surface area contributed by atoms with E-state index in [1.165, 1.54) is 53.6 Å². The molecule has 1 nitrogen and oxygen atoms in total. The molecule has 1 aliphatic carbocycles. The maximum atomic E-state index is 4.28. The fourth-order valence-electron chi connectivity index (χ4n) is 3.66. The second-order valence-electron chi connectivity index (χ2n) is 8.08. The topological polar surface area (TPSA) is 3.01 Å². The molecule has 1 saturated carbocycles. The molecule has 1 fully saturated rings. The summed E-state index contributed by atoms with van der Waals surface area (Å²) in [6.45, 7) is 13.6. The molecule has 0 unspecified atom stereocenters. The average molecular weight is 324 g/mol. The van der Waals surface area contributed by atoms with Gasteiger partial charge in [-0.2, -0.15) is 0 Å². The predicted octanol–water partition coefficient (Wildman–Crippen LogP) is 5.58. The van der Waals surface area contributed by atoms with E-state index in [2.05, 4.69) is 74.4 Å². The summed E-state index contributed by atoms with van der Waals surface area (Å²) >= 11 is 0. The first-order valence-corrected chi connectivity index (χ1v) is 12.3. The molecule has 122 valence electrons. The van der Waals surface area contributed by atoms with E-state index in [1.807, 2.05) is 0 Å². The summed E-state index contributed by atoms with van der Waals surface area (Å²) in [6, 6.07) is 8.26. The number of rotatable bonds is 3. The number of hydrogen-bond donors (Lipinski definition) is 0. The summed E-state index contributed by atoms with van der Waals surface area (Å²) in [5, 5.41) is 1.46. The van der Waals surface area contributed by atoms with Crippen molar-refractivity contribution in [1.82, 2.24) is 0 Å². The highest BCUT2D eigenvalue weighted by atomic mass is 28.3. The van der Waals surface area contributed by atoms with Crippen molar-refractivity contribution in [2.75, 3.05) is 0 Å². The van der Waals surface area contributed by atoms with Gasteiger partial charge in [-0.05, 0) is 30.4 Å². The van der Waals surface area contributed by atoms with Crippen LogP contribution in [0, 0.1) is 13.0 Å². The van der Waals surface area contributed by atoms with E-state index >= 15 is 0 Å². The lowest BCUT2D eigenvalue weighted by Crippen LogP contribution is -2.27. The number of nitrogens with zero attached hydrogens (tertiary/aromatic N) is 1. The van der Waals surface area contributed by atoms with Crippen LogP contribution in [0.3, 0.4) is 0 Å². The number of allylic oxidation sites excluding steroid dienone is 2. The minimum atomic E-state index is -1.30. The second kappa shape index (κ2) is 6.16. The second-order valence-corrected chi connectivity index (χ2v) is 13.2. The number of benzene rings is 1. The van der Waals surface area contributed by atoms with Crippen LogP contribution in [0.5, 0.6) is 0 Å². The maximum Gasteiger partial charge on any atom is 0.147 e. The minimum absolute atomic E-state index is 0.758. The molecular formula is C21H29NSi. The Morgan fingerprint density at radius 3 is 2.48 bits per heavy atom. The molecule has 0 spiro atoms. The molecule has 0 aromatic heterocycles. The Bertz CT molecular complexity index is 670. The van der Waals surface area contributed by atoms with Gasteiger partial charge in [0.05, 0.1) is 14.8 Å². The van der Waals surface area contributed by atoms with E-state index in [9.17, 15) is 0 Å².